The van der Waals surface area contributed by atoms with E-state index in [1.54, 1.807) is 13.3 Å². The number of imidazole rings is 1. The van der Waals surface area contributed by atoms with Gasteiger partial charge in [-0.25, -0.2) is 4.98 Å². The van der Waals surface area contributed by atoms with Gasteiger partial charge in [-0.1, -0.05) is 6.07 Å². The van der Waals surface area contributed by atoms with E-state index in [1.165, 1.54) is 0 Å². The zero-order chi connectivity index (χ0) is 18.8. The highest BCUT2D eigenvalue weighted by atomic mass is 16.5. The standard InChI is InChI=1S/C21H22N4O2/c1-15-10-23-20(25(15)12-16-4-3-9-22-11-16)18-13-24(14-18)21(26)17-5-7-19(27-2)8-6-17/h3-11,18H,12-14H2,1-2H3. The number of hydrogen-bond donors (Lipinski definition) is 0. The molecule has 138 valence electrons. The van der Waals surface area contributed by atoms with Crippen LogP contribution >= 0.6 is 0 Å². The summed E-state index contributed by atoms with van der Waals surface area (Å²) < 4.78 is 7.37. The van der Waals surface area contributed by atoms with E-state index < -0.39 is 0 Å². The van der Waals surface area contributed by atoms with Crippen LogP contribution in [-0.2, 0) is 6.54 Å². The molecule has 1 fully saturated rings. The molecule has 2 aromatic heterocycles. The summed E-state index contributed by atoms with van der Waals surface area (Å²) >= 11 is 0. The summed E-state index contributed by atoms with van der Waals surface area (Å²) in [6.45, 7) is 4.19. The fraction of sp³-hybridized carbons (Fsp3) is 0.286. The average molecular weight is 362 g/mol. The quantitative estimate of drug-likeness (QED) is 0.700. The molecule has 1 aliphatic rings. The summed E-state index contributed by atoms with van der Waals surface area (Å²) in [5, 5.41) is 0. The van der Waals surface area contributed by atoms with Gasteiger partial charge < -0.3 is 14.2 Å². The minimum absolute atomic E-state index is 0.0518. The van der Waals surface area contributed by atoms with Crippen molar-refractivity contribution in [2.75, 3.05) is 20.2 Å². The Morgan fingerprint density at radius 2 is 1.96 bits per heavy atom. The van der Waals surface area contributed by atoms with Crippen molar-refractivity contribution in [3.8, 4) is 5.75 Å². The van der Waals surface area contributed by atoms with Crippen molar-refractivity contribution in [3.63, 3.8) is 0 Å². The van der Waals surface area contributed by atoms with Gasteiger partial charge in [-0.15, -0.1) is 0 Å². The van der Waals surface area contributed by atoms with E-state index in [0.717, 1.165) is 29.4 Å². The Kier molecular flexibility index (Phi) is 4.62. The number of ether oxygens (including phenoxy) is 1. The summed E-state index contributed by atoms with van der Waals surface area (Å²) in [6.07, 6.45) is 5.56. The number of amides is 1. The minimum Gasteiger partial charge on any atom is -0.497 e. The predicted molar refractivity (Wildman–Crippen MR) is 102 cm³/mol. The van der Waals surface area contributed by atoms with Crippen LogP contribution in [0.25, 0.3) is 0 Å². The van der Waals surface area contributed by atoms with Crippen LogP contribution in [0.3, 0.4) is 0 Å². The first-order chi connectivity index (χ1) is 13.2. The maximum atomic E-state index is 12.6. The highest BCUT2D eigenvalue weighted by molar-refractivity contribution is 5.95. The molecule has 27 heavy (non-hydrogen) atoms. The van der Waals surface area contributed by atoms with Crippen molar-refractivity contribution in [2.45, 2.75) is 19.4 Å². The number of nitrogens with zero attached hydrogens (tertiary/aromatic N) is 4. The number of hydrogen-bond acceptors (Lipinski definition) is 4. The molecule has 0 saturated carbocycles. The average Bonchev–Trinajstić information content (AvgIpc) is 3.02. The molecule has 1 saturated heterocycles. The first-order valence-electron chi connectivity index (χ1n) is 9.00. The van der Waals surface area contributed by atoms with Crippen LogP contribution < -0.4 is 4.74 Å². The van der Waals surface area contributed by atoms with Gasteiger partial charge in [0.25, 0.3) is 5.91 Å². The Balaban J connectivity index is 1.44. The number of aromatic nitrogens is 3. The zero-order valence-electron chi connectivity index (χ0n) is 15.5. The molecule has 0 unspecified atom stereocenters. The van der Waals surface area contributed by atoms with Gasteiger partial charge >= 0.3 is 0 Å². The summed E-state index contributed by atoms with van der Waals surface area (Å²) in [6, 6.07) is 11.3. The van der Waals surface area contributed by atoms with Crippen LogP contribution in [0.5, 0.6) is 5.75 Å². The maximum Gasteiger partial charge on any atom is 0.253 e. The van der Waals surface area contributed by atoms with Gasteiger partial charge in [0.2, 0.25) is 0 Å². The third-order valence-corrected chi connectivity index (χ3v) is 5.02. The lowest BCUT2D eigenvalue weighted by atomic mass is 9.97. The Labute approximate surface area is 158 Å². The SMILES string of the molecule is COc1ccc(C(=O)N2CC(c3ncc(C)n3Cc3cccnc3)C2)cc1. The summed E-state index contributed by atoms with van der Waals surface area (Å²) in [7, 11) is 1.62. The van der Waals surface area contributed by atoms with Crippen molar-refractivity contribution in [2.24, 2.45) is 0 Å². The molecular formula is C21H22N4O2. The molecular weight excluding hydrogens is 340 g/mol. The lowest BCUT2D eigenvalue weighted by Crippen LogP contribution is -2.49. The van der Waals surface area contributed by atoms with Crippen molar-refractivity contribution in [1.82, 2.24) is 19.4 Å². The molecule has 3 heterocycles. The summed E-state index contributed by atoms with van der Waals surface area (Å²) in [5.41, 5.74) is 2.95. The number of methoxy groups -OCH3 is 1. The van der Waals surface area contributed by atoms with Crippen LogP contribution in [0, 0.1) is 6.92 Å². The smallest absolute Gasteiger partial charge is 0.253 e. The number of carbonyl (C=O) groups is 1. The van der Waals surface area contributed by atoms with E-state index in [1.807, 2.05) is 47.6 Å². The monoisotopic (exact) mass is 362 g/mol. The molecule has 1 amide bonds. The topological polar surface area (TPSA) is 60.2 Å². The fourth-order valence-electron chi connectivity index (χ4n) is 3.41. The molecule has 3 aromatic rings. The second-order valence-corrected chi connectivity index (χ2v) is 6.84. The molecule has 1 aliphatic heterocycles. The number of rotatable bonds is 5. The molecule has 0 N–H and O–H groups in total. The Hall–Kier alpha value is -3.15. The van der Waals surface area contributed by atoms with E-state index in [9.17, 15) is 4.79 Å². The second-order valence-electron chi connectivity index (χ2n) is 6.84. The van der Waals surface area contributed by atoms with Crippen molar-refractivity contribution in [3.05, 3.63) is 77.6 Å². The van der Waals surface area contributed by atoms with Gasteiger partial charge in [-0.3, -0.25) is 9.78 Å². The highest BCUT2D eigenvalue weighted by Crippen LogP contribution is 2.29. The van der Waals surface area contributed by atoms with Gasteiger partial charge in [0.15, 0.2) is 0 Å². The third-order valence-electron chi connectivity index (χ3n) is 5.02. The molecule has 0 radical (unpaired) electrons. The van der Waals surface area contributed by atoms with Gasteiger partial charge in [-0.2, -0.15) is 0 Å². The van der Waals surface area contributed by atoms with E-state index >= 15 is 0 Å². The molecule has 0 spiro atoms. The summed E-state index contributed by atoms with van der Waals surface area (Å²) in [4.78, 5) is 23.3. The lowest BCUT2D eigenvalue weighted by molar-refractivity contribution is 0.0591. The largest absolute Gasteiger partial charge is 0.497 e. The second kappa shape index (κ2) is 7.23. The van der Waals surface area contributed by atoms with Crippen molar-refractivity contribution in [1.29, 1.82) is 0 Å². The molecule has 1 aromatic carbocycles. The van der Waals surface area contributed by atoms with Crippen LogP contribution in [0.1, 0.15) is 33.4 Å². The Bertz CT molecular complexity index is 929. The normalized spacial score (nSPS) is 14.1. The molecule has 0 atom stereocenters. The van der Waals surface area contributed by atoms with Crippen molar-refractivity contribution >= 4 is 5.91 Å². The third kappa shape index (κ3) is 3.43. The van der Waals surface area contributed by atoms with Crippen LogP contribution in [0.15, 0.2) is 55.0 Å². The number of carbonyl (C=O) groups excluding carboxylic acids is 1. The van der Waals surface area contributed by atoms with Crippen molar-refractivity contribution < 1.29 is 9.53 Å². The highest BCUT2D eigenvalue weighted by Gasteiger charge is 2.35. The van der Waals surface area contributed by atoms with Crippen LogP contribution in [0.4, 0.5) is 0 Å². The van der Waals surface area contributed by atoms with E-state index in [-0.39, 0.29) is 11.8 Å². The number of benzene rings is 1. The maximum absolute atomic E-state index is 12.6. The van der Waals surface area contributed by atoms with Gasteiger partial charge in [0.05, 0.1) is 19.6 Å². The van der Waals surface area contributed by atoms with E-state index in [0.29, 0.717) is 18.7 Å². The molecule has 0 aliphatic carbocycles. The van der Waals surface area contributed by atoms with Gasteiger partial charge in [-0.05, 0) is 42.8 Å². The van der Waals surface area contributed by atoms with Gasteiger partial charge in [0, 0.05) is 42.9 Å². The minimum atomic E-state index is 0.0518. The Morgan fingerprint density at radius 1 is 1.19 bits per heavy atom. The number of likely N-dealkylation sites (tertiary alicyclic amines) is 1. The molecule has 6 heteroatoms. The molecule has 0 bridgehead atoms. The van der Waals surface area contributed by atoms with E-state index in [2.05, 4.69) is 27.5 Å². The van der Waals surface area contributed by atoms with E-state index in [4.69, 9.17) is 4.74 Å². The first-order valence-corrected chi connectivity index (χ1v) is 9.00. The first kappa shape index (κ1) is 17.3. The van der Waals surface area contributed by atoms with Crippen LogP contribution in [0.2, 0.25) is 0 Å². The molecule has 4 rings (SSSR count). The van der Waals surface area contributed by atoms with Crippen LogP contribution in [-0.4, -0.2) is 45.5 Å². The zero-order valence-corrected chi connectivity index (χ0v) is 15.5. The van der Waals surface area contributed by atoms with Gasteiger partial charge in [0.1, 0.15) is 11.6 Å². The molecule has 6 nitrogen and oxygen atoms in total. The predicted octanol–water partition coefficient (Wildman–Crippen LogP) is 2.88. The Morgan fingerprint density at radius 3 is 2.63 bits per heavy atom. The summed E-state index contributed by atoms with van der Waals surface area (Å²) in [5.74, 6) is 2.10. The lowest BCUT2D eigenvalue weighted by Gasteiger charge is -2.39. The number of pyridine rings is 1. The number of aryl methyl sites for hydroxylation is 1. The fourth-order valence-corrected chi connectivity index (χ4v) is 3.41.